The van der Waals surface area contributed by atoms with Crippen molar-refractivity contribution in [3.8, 4) is 5.75 Å². The number of phenolic OH excluding ortho intramolecular Hbond substituents is 1. The van der Waals surface area contributed by atoms with Gasteiger partial charge >= 0.3 is 11.9 Å². The molecule has 0 bridgehead atoms. The molecule has 44 heavy (non-hydrogen) atoms. The van der Waals surface area contributed by atoms with Crippen molar-refractivity contribution in [2.24, 2.45) is 5.41 Å². The molecule has 0 amide bonds. The number of likely N-dealkylation sites (tertiary alicyclic amines) is 2. The van der Waals surface area contributed by atoms with Gasteiger partial charge in [-0.1, -0.05) is 39.8 Å². The van der Waals surface area contributed by atoms with Gasteiger partial charge in [0, 0.05) is 47.8 Å². The monoisotopic (exact) mass is 614 g/mol. The number of aryl methyl sites for hydroxylation is 1. The lowest BCUT2D eigenvalue weighted by atomic mass is 9.75. The number of aromatic hydroxyl groups is 1. The summed E-state index contributed by atoms with van der Waals surface area (Å²) in [7, 11) is 4.24. The number of phenols is 1. The predicted molar refractivity (Wildman–Crippen MR) is 178 cm³/mol. The van der Waals surface area contributed by atoms with E-state index in [-0.39, 0.29) is 58.4 Å². The Morgan fingerprint density at radius 3 is 1.48 bits per heavy atom. The van der Waals surface area contributed by atoms with Crippen LogP contribution in [-0.4, -0.2) is 75.3 Å². The fourth-order valence-electron chi connectivity index (χ4n) is 7.77. The van der Waals surface area contributed by atoms with Crippen LogP contribution in [0.3, 0.4) is 0 Å². The highest BCUT2D eigenvalue weighted by atomic mass is 16.6. The molecule has 2 aliphatic heterocycles. The minimum Gasteiger partial charge on any atom is -0.507 e. The normalized spacial score (nSPS) is 22.9. The Labute approximate surface area is 268 Å². The van der Waals surface area contributed by atoms with E-state index in [1.165, 1.54) is 0 Å². The molecule has 3 rings (SSSR count). The summed E-state index contributed by atoms with van der Waals surface area (Å²) in [5.41, 5.74) is -0.230. The third-order valence-electron chi connectivity index (χ3n) is 11.1. The van der Waals surface area contributed by atoms with Gasteiger partial charge in [0.15, 0.2) is 5.41 Å². The van der Waals surface area contributed by atoms with Gasteiger partial charge in [-0.2, -0.15) is 0 Å². The molecule has 0 unspecified atom stereocenters. The Hall–Kier alpha value is -2.12. The van der Waals surface area contributed by atoms with Gasteiger partial charge in [-0.15, -0.1) is 0 Å². The highest BCUT2D eigenvalue weighted by Gasteiger charge is 2.53. The van der Waals surface area contributed by atoms with E-state index in [2.05, 4.69) is 79.3 Å². The zero-order valence-electron chi connectivity index (χ0n) is 30.5. The van der Waals surface area contributed by atoms with E-state index < -0.39 is 17.4 Å². The molecule has 1 aromatic carbocycles. The number of hydrogen-bond acceptors (Lipinski definition) is 7. The topological polar surface area (TPSA) is 79.3 Å². The zero-order chi connectivity index (χ0) is 33.8. The second-order valence-electron chi connectivity index (χ2n) is 17.4. The van der Waals surface area contributed by atoms with E-state index in [0.29, 0.717) is 25.7 Å². The van der Waals surface area contributed by atoms with Gasteiger partial charge in [-0.3, -0.25) is 19.4 Å². The summed E-state index contributed by atoms with van der Waals surface area (Å²) in [4.78, 5) is 33.7. The van der Waals surface area contributed by atoms with Gasteiger partial charge in [-0.05, 0) is 111 Å². The Morgan fingerprint density at radius 1 is 0.795 bits per heavy atom. The third kappa shape index (κ3) is 7.14. The summed E-state index contributed by atoms with van der Waals surface area (Å²) in [6.45, 7) is 27.3. The lowest BCUT2D eigenvalue weighted by Crippen LogP contribution is -2.61. The smallest absolute Gasteiger partial charge is 0.324 e. The SMILES string of the molecule is CCC(Cc1cc(C)c(O)c(C(C)(C)C)c1)(C(=O)OC1CC(C)(C)N(C)C(C)(C)C1)C(=O)OC1CC(C)(C)N(C)C(C)(C)C1. The van der Waals surface area contributed by atoms with Gasteiger partial charge in [-0.25, -0.2) is 0 Å². The molecule has 0 radical (unpaired) electrons. The first-order valence-corrected chi connectivity index (χ1v) is 16.5. The largest absolute Gasteiger partial charge is 0.507 e. The van der Waals surface area contributed by atoms with Crippen LogP contribution >= 0.6 is 0 Å². The van der Waals surface area contributed by atoms with Crippen molar-refractivity contribution < 1.29 is 24.2 Å². The van der Waals surface area contributed by atoms with Crippen LogP contribution in [0.15, 0.2) is 12.1 Å². The molecule has 0 atom stereocenters. The number of nitrogens with zero attached hydrogens (tertiary/aromatic N) is 2. The van der Waals surface area contributed by atoms with Crippen LogP contribution in [0, 0.1) is 12.3 Å². The summed E-state index contributed by atoms with van der Waals surface area (Å²) in [6.07, 6.45) is 2.45. The lowest BCUT2D eigenvalue weighted by Gasteiger charge is -2.53. The number of benzene rings is 1. The maximum atomic E-state index is 14.5. The average Bonchev–Trinajstić information content (AvgIpc) is 2.84. The molecule has 2 heterocycles. The number of hydrogen-bond donors (Lipinski definition) is 1. The summed E-state index contributed by atoms with van der Waals surface area (Å²) < 4.78 is 12.8. The minimum absolute atomic E-state index is 0.143. The van der Waals surface area contributed by atoms with Crippen molar-refractivity contribution in [1.29, 1.82) is 0 Å². The van der Waals surface area contributed by atoms with Crippen LogP contribution < -0.4 is 0 Å². The van der Waals surface area contributed by atoms with Crippen molar-refractivity contribution >= 4 is 11.9 Å². The Morgan fingerprint density at radius 2 is 1.16 bits per heavy atom. The number of rotatable bonds is 7. The first-order valence-electron chi connectivity index (χ1n) is 16.5. The van der Waals surface area contributed by atoms with Crippen LogP contribution in [0.2, 0.25) is 0 Å². The molecular formula is C37H62N2O5. The van der Waals surface area contributed by atoms with Crippen molar-refractivity contribution in [2.45, 2.75) is 168 Å². The molecule has 0 spiro atoms. The van der Waals surface area contributed by atoms with Crippen molar-refractivity contribution in [3.05, 3.63) is 28.8 Å². The van der Waals surface area contributed by atoms with E-state index in [1.54, 1.807) is 0 Å². The highest BCUT2D eigenvalue weighted by Crippen LogP contribution is 2.43. The van der Waals surface area contributed by atoms with Gasteiger partial charge in [0.05, 0.1) is 0 Å². The molecule has 0 saturated carbocycles. The van der Waals surface area contributed by atoms with Crippen molar-refractivity contribution in [3.63, 3.8) is 0 Å². The maximum absolute atomic E-state index is 14.5. The summed E-state index contributed by atoms with van der Waals surface area (Å²) in [5, 5.41) is 10.9. The number of piperidine rings is 2. The quantitative estimate of drug-likeness (QED) is 0.255. The first kappa shape index (κ1) is 36.3. The van der Waals surface area contributed by atoms with Gasteiger partial charge in [0.25, 0.3) is 0 Å². The Kier molecular flexibility index (Phi) is 9.84. The second kappa shape index (κ2) is 11.9. The molecule has 7 heteroatoms. The van der Waals surface area contributed by atoms with Crippen LogP contribution in [0.4, 0.5) is 0 Å². The highest BCUT2D eigenvalue weighted by molar-refractivity contribution is 6.00. The fourth-order valence-corrected chi connectivity index (χ4v) is 7.77. The van der Waals surface area contributed by atoms with E-state index >= 15 is 0 Å². The molecular weight excluding hydrogens is 552 g/mol. The van der Waals surface area contributed by atoms with Gasteiger partial charge in [0.1, 0.15) is 18.0 Å². The number of ether oxygens (including phenoxy) is 2. The average molecular weight is 615 g/mol. The Bertz CT molecular complexity index is 1150. The third-order valence-corrected chi connectivity index (χ3v) is 11.1. The predicted octanol–water partition coefficient (Wildman–Crippen LogP) is 7.33. The fraction of sp³-hybridized carbons (Fsp3) is 0.784. The second-order valence-corrected chi connectivity index (χ2v) is 17.4. The Balaban J connectivity index is 2.06. The molecule has 1 aromatic rings. The van der Waals surface area contributed by atoms with E-state index in [1.807, 2.05) is 46.8 Å². The molecule has 7 nitrogen and oxygen atoms in total. The lowest BCUT2D eigenvalue weighted by molar-refractivity contribution is -0.188. The summed E-state index contributed by atoms with van der Waals surface area (Å²) in [5.74, 6) is -0.777. The van der Waals surface area contributed by atoms with Crippen molar-refractivity contribution in [2.75, 3.05) is 14.1 Å². The molecule has 1 N–H and O–H groups in total. The van der Waals surface area contributed by atoms with Crippen molar-refractivity contribution in [1.82, 2.24) is 9.80 Å². The molecule has 0 aromatic heterocycles. The van der Waals surface area contributed by atoms with Gasteiger partial charge < -0.3 is 14.6 Å². The van der Waals surface area contributed by atoms with Crippen LogP contribution in [0.5, 0.6) is 5.75 Å². The molecule has 2 aliphatic rings. The molecule has 2 fully saturated rings. The van der Waals surface area contributed by atoms with E-state index in [0.717, 1.165) is 16.7 Å². The summed E-state index contributed by atoms with van der Waals surface area (Å²) >= 11 is 0. The minimum atomic E-state index is -1.52. The van der Waals surface area contributed by atoms with Gasteiger partial charge in [0.2, 0.25) is 0 Å². The zero-order valence-corrected chi connectivity index (χ0v) is 30.5. The summed E-state index contributed by atoms with van der Waals surface area (Å²) in [6, 6.07) is 3.83. The number of esters is 2. The maximum Gasteiger partial charge on any atom is 0.324 e. The van der Waals surface area contributed by atoms with Crippen LogP contribution in [0.25, 0.3) is 0 Å². The number of carbonyl (C=O) groups excluding carboxylic acids is 2. The molecule has 2 saturated heterocycles. The van der Waals surface area contributed by atoms with E-state index in [4.69, 9.17) is 9.47 Å². The van der Waals surface area contributed by atoms with Crippen LogP contribution in [0.1, 0.15) is 132 Å². The first-order chi connectivity index (χ1) is 19.8. The number of carbonyl (C=O) groups is 2. The standard InChI is InChI=1S/C37H62N2O5/c1-16-37(19-25-17-24(2)29(40)28(18-25)32(3,4)5,30(41)43-26-20-33(6,7)38(14)34(8,9)21-26)31(42)44-27-22-35(10,11)39(15)36(12,13)23-27/h17-18,26-27,40H,16,19-23H2,1-15H3. The van der Waals surface area contributed by atoms with Crippen LogP contribution in [-0.2, 0) is 30.9 Å². The molecule has 0 aliphatic carbocycles. The van der Waals surface area contributed by atoms with E-state index in [9.17, 15) is 14.7 Å². The molecule has 250 valence electrons.